The zero-order valence-electron chi connectivity index (χ0n) is 12.5. The summed E-state index contributed by atoms with van der Waals surface area (Å²) in [4.78, 5) is 27.1. The van der Waals surface area contributed by atoms with Crippen LogP contribution in [0.25, 0.3) is 0 Å². The van der Waals surface area contributed by atoms with E-state index in [0.717, 1.165) is 32.2 Å². The van der Waals surface area contributed by atoms with E-state index in [0.29, 0.717) is 19.6 Å². The Labute approximate surface area is 125 Å². The monoisotopic (exact) mass is 293 g/mol. The van der Waals surface area contributed by atoms with E-state index in [4.69, 9.17) is 0 Å². The molecule has 0 radical (unpaired) electrons. The van der Waals surface area contributed by atoms with Gasteiger partial charge in [0.25, 0.3) is 0 Å². The summed E-state index contributed by atoms with van der Waals surface area (Å²) in [6, 6.07) is -0.129. The Hall–Kier alpha value is -1.74. The van der Waals surface area contributed by atoms with Gasteiger partial charge < -0.3 is 15.3 Å². The molecule has 1 unspecified atom stereocenters. The zero-order valence-corrected chi connectivity index (χ0v) is 12.5. The highest BCUT2D eigenvalue weighted by Crippen LogP contribution is 2.26. The largest absolute Gasteiger partial charge is 0.480 e. The number of carbonyl (C=O) groups is 2. The van der Waals surface area contributed by atoms with Crippen LogP contribution < -0.4 is 5.32 Å². The van der Waals surface area contributed by atoms with Gasteiger partial charge in [-0.1, -0.05) is 5.92 Å². The first-order valence-corrected chi connectivity index (χ1v) is 7.54. The quantitative estimate of drug-likeness (QED) is 0.753. The van der Waals surface area contributed by atoms with Gasteiger partial charge in [0.2, 0.25) is 0 Å². The van der Waals surface area contributed by atoms with Crippen molar-refractivity contribution in [2.45, 2.75) is 44.7 Å². The lowest BCUT2D eigenvalue weighted by molar-refractivity contribution is -0.143. The molecule has 2 aliphatic heterocycles. The molecule has 6 heteroatoms. The van der Waals surface area contributed by atoms with Crippen molar-refractivity contribution < 1.29 is 14.7 Å². The fourth-order valence-corrected chi connectivity index (χ4v) is 3.21. The fraction of sp³-hybridized carbons (Fsp3) is 0.733. The van der Waals surface area contributed by atoms with Gasteiger partial charge in [0, 0.05) is 19.1 Å². The van der Waals surface area contributed by atoms with E-state index in [-0.39, 0.29) is 18.1 Å². The highest BCUT2D eigenvalue weighted by molar-refractivity contribution is 5.75. The molecular weight excluding hydrogens is 270 g/mol. The van der Waals surface area contributed by atoms with Gasteiger partial charge in [0.15, 0.2) is 0 Å². The lowest BCUT2D eigenvalue weighted by Gasteiger charge is -2.38. The number of nitrogens with one attached hydrogen (secondary N) is 1. The molecular formula is C15H23N3O3. The Balaban J connectivity index is 1.81. The Morgan fingerprint density at radius 2 is 1.95 bits per heavy atom. The third-order valence-electron chi connectivity index (χ3n) is 4.30. The van der Waals surface area contributed by atoms with Crippen LogP contribution in [0.3, 0.4) is 0 Å². The summed E-state index contributed by atoms with van der Waals surface area (Å²) >= 11 is 0. The highest BCUT2D eigenvalue weighted by Gasteiger charge is 2.37. The average Bonchev–Trinajstić information content (AvgIpc) is 2.97. The van der Waals surface area contributed by atoms with Crippen LogP contribution in [0, 0.1) is 11.8 Å². The summed E-state index contributed by atoms with van der Waals surface area (Å²) in [6.45, 7) is 4.34. The number of hydrogen-bond donors (Lipinski definition) is 2. The molecule has 0 bridgehead atoms. The third-order valence-corrected chi connectivity index (χ3v) is 4.30. The molecule has 1 atom stereocenters. The van der Waals surface area contributed by atoms with Gasteiger partial charge in [0.05, 0.1) is 6.54 Å². The van der Waals surface area contributed by atoms with Gasteiger partial charge in [-0.15, -0.1) is 5.92 Å². The van der Waals surface area contributed by atoms with E-state index in [1.165, 1.54) is 0 Å². The third kappa shape index (κ3) is 3.88. The van der Waals surface area contributed by atoms with Gasteiger partial charge in [-0.05, 0) is 39.2 Å². The molecule has 0 aromatic heterocycles. The summed E-state index contributed by atoms with van der Waals surface area (Å²) in [7, 11) is 0. The fourth-order valence-electron chi connectivity index (χ4n) is 3.21. The van der Waals surface area contributed by atoms with Crippen LogP contribution >= 0.6 is 0 Å². The van der Waals surface area contributed by atoms with Crippen LogP contribution in [0.2, 0.25) is 0 Å². The molecule has 0 aliphatic carbocycles. The minimum atomic E-state index is -0.717. The number of urea groups is 1. The lowest BCUT2D eigenvalue weighted by Crippen LogP contribution is -2.51. The number of carbonyl (C=O) groups excluding carboxylic acids is 1. The topological polar surface area (TPSA) is 72.9 Å². The second-order valence-electron chi connectivity index (χ2n) is 5.54. The first-order chi connectivity index (χ1) is 10.1. The number of nitrogens with zero attached hydrogens (tertiary/aromatic N) is 2. The molecule has 0 saturated carbocycles. The number of aliphatic carboxylic acids is 1. The van der Waals surface area contributed by atoms with Gasteiger partial charge in [0.1, 0.15) is 6.04 Å². The van der Waals surface area contributed by atoms with Gasteiger partial charge >= 0.3 is 12.0 Å². The predicted molar refractivity (Wildman–Crippen MR) is 78.8 cm³/mol. The molecule has 2 amide bonds. The summed E-state index contributed by atoms with van der Waals surface area (Å²) < 4.78 is 0. The maximum absolute atomic E-state index is 11.9. The molecule has 2 saturated heterocycles. The Kier molecular flexibility index (Phi) is 5.45. The molecule has 2 aliphatic rings. The molecule has 2 N–H and O–H groups in total. The van der Waals surface area contributed by atoms with E-state index in [1.807, 2.05) is 0 Å². The number of piperidine rings is 1. The van der Waals surface area contributed by atoms with Crippen LogP contribution in [0.4, 0.5) is 4.79 Å². The van der Waals surface area contributed by atoms with Crippen LogP contribution in [0.5, 0.6) is 0 Å². The second kappa shape index (κ2) is 7.32. The van der Waals surface area contributed by atoms with Crippen molar-refractivity contribution in [1.29, 1.82) is 0 Å². The summed E-state index contributed by atoms with van der Waals surface area (Å²) in [5, 5.41) is 12.0. The number of amides is 2. The minimum Gasteiger partial charge on any atom is -0.480 e. The minimum absolute atomic E-state index is 0.0765. The van der Waals surface area contributed by atoms with Crippen molar-refractivity contribution in [2.75, 3.05) is 26.2 Å². The zero-order chi connectivity index (χ0) is 15.2. The van der Waals surface area contributed by atoms with E-state index < -0.39 is 5.97 Å². The van der Waals surface area contributed by atoms with Crippen molar-refractivity contribution in [3.8, 4) is 11.8 Å². The molecule has 2 rings (SSSR count). The van der Waals surface area contributed by atoms with Gasteiger partial charge in [-0.3, -0.25) is 9.69 Å². The van der Waals surface area contributed by atoms with Gasteiger partial charge in [-0.25, -0.2) is 4.79 Å². The van der Waals surface area contributed by atoms with Crippen molar-refractivity contribution in [2.24, 2.45) is 0 Å². The standard InChI is InChI=1S/C15H23N3O3/c1-2-3-8-16-15(21)17-10-6-12(7-11-17)18-9-4-5-13(18)14(19)20/h12-13H,4-11H2,1H3,(H,16,21)(H,19,20). The summed E-state index contributed by atoms with van der Waals surface area (Å²) in [5.74, 6) is 4.83. The predicted octanol–water partition coefficient (Wildman–Crippen LogP) is 0.733. The Morgan fingerprint density at radius 3 is 2.57 bits per heavy atom. The number of carboxylic acids is 1. The summed E-state index contributed by atoms with van der Waals surface area (Å²) in [6.07, 6.45) is 3.38. The molecule has 0 spiro atoms. The first-order valence-electron chi connectivity index (χ1n) is 7.54. The van der Waals surface area contributed by atoms with Crippen molar-refractivity contribution in [3.05, 3.63) is 0 Å². The normalized spacial score (nSPS) is 23.5. The van der Waals surface area contributed by atoms with Crippen LogP contribution in [0.1, 0.15) is 32.6 Å². The lowest BCUT2D eigenvalue weighted by atomic mass is 10.0. The van der Waals surface area contributed by atoms with Crippen molar-refractivity contribution >= 4 is 12.0 Å². The van der Waals surface area contributed by atoms with E-state index >= 15 is 0 Å². The Morgan fingerprint density at radius 1 is 1.24 bits per heavy atom. The molecule has 6 nitrogen and oxygen atoms in total. The maximum Gasteiger partial charge on any atom is 0.320 e. The number of rotatable bonds is 3. The van der Waals surface area contributed by atoms with Gasteiger partial charge in [-0.2, -0.15) is 0 Å². The number of likely N-dealkylation sites (tertiary alicyclic amines) is 2. The van der Waals surface area contributed by atoms with Crippen LogP contribution in [0.15, 0.2) is 0 Å². The smallest absolute Gasteiger partial charge is 0.320 e. The Bertz CT molecular complexity index is 447. The van der Waals surface area contributed by atoms with Crippen LogP contribution in [-0.4, -0.2) is 65.2 Å². The number of carboxylic acid groups (broad SMARTS) is 1. The molecule has 21 heavy (non-hydrogen) atoms. The molecule has 0 aromatic rings. The maximum atomic E-state index is 11.9. The first kappa shape index (κ1) is 15.6. The molecule has 2 heterocycles. The highest BCUT2D eigenvalue weighted by atomic mass is 16.4. The van der Waals surface area contributed by atoms with E-state index in [9.17, 15) is 14.7 Å². The average molecular weight is 293 g/mol. The van der Waals surface area contributed by atoms with Crippen molar-refractivity contribution in [3.63, 3.8) is 0 Å². The summed E-state index contributed by atoms with van der Waals surface area (Å²) in [5.41, 5.74) is 0. The number of hydrogen-bond acceptors (Lipinski definition) is 3. The molecule has 0 aromatic carbocycles. The van der Waals surface area contributed by atoms with Crippen LogP contribution in [-0.2, 0) is 4.79 Å². The second-order valence-corrected chi connectivity index (χ2v) is 5.54. The van der Waals surface area contributed by atoms with E-state index in [1.54, 1.807) is 11.8 Å². The SMILES string of the molecule is CC#CCNC(=O)N1CCC(N2CCCC2C(=O)O)CC1. The molecule has 116 valence electrons. The molecule has 2 fully saturated rings. The van der Waals surface area contributed by atoms with E-state index in [2.05, 4.69) is 22.1 Å². The van der Waals surface area contributed by atoms with Crippen molar-refractivity contribution in [1.82, 2.24) is 15.1 Å².